The summed E-state index contributed by atoms with van der Waals surface area (Å²) in [4.78, 5) is 0. The molecule has 0 saturated carbocycles. The summed E-state index contributed by atoms with van der Waals surface area (Å²) in [6.45, 7) is 8.59. The van der Waals surface area contributed by atoms with Crippen molar-refractivity contribution in [3.8, 4) is 0 Å². The minimum Gasteiger partial charge on any atom is -0.381 e. The third-order valence-electron chi connectivity index (χ3n) is 2.26. The first-order chi connectivity index (χ1) is 7.00. The summed E-state index contributed by atoms with van der Waals surface area (Å²) >= 11 is 0. The topological polar surface area (TPSA) is 45.3 Å². The van der Waals surface area contributed by atoms with E-state index in [1.807, 2.05) is 0 Å². The molecule has 4 heteroatoms. The molecule has 14 heavy (non-hydrogen) atoms. The highest BCUT2D eigenvalue weighted by Gasteiger charge is 1.94. The maximum atomic E-state index is 4.94. The average Bonchev–Trinajstić information content (AvgIpc) is 2.82. The van der Waals surface area contributed by atoms with Gasteiger partial charge in [0, 0.05) is 52.5 Å². The molecule has 0 aromatic carbocycles. The Bertz CT molecular complexity index is 81.8. The van der Waals surface area contributed by atoms with E-state index in [0.717, 1.165) is 52.5 Å². The Kier molecular flexibility index (Phi) is 8.00. The lowest BCUT2D eigenvalue weighted by Gasteiger charge is -1.99. The first-order valence-corrected chi connectivity index (χ1v) is 5.70. The molecule has 3 N–H and O–H groups in total. The molecule has 0 unspecified atom stereocenters. The Morgan fingerprint density at radius 2 is 0.929 bits per heavy atom. The molecule has 0 aromatic rings. The number of hydrogen-bond donors (Lipinski definition) is 3. The van der Waals surface area contributed by atoms with E-state index in [1.54, 1.807) is 0 Å². The van der Waals surface area contributed by atoms with Gasteiger partial charge in [-0.2, -0.15) is 0 Å². The van der Waals surface area contributed by atoms with E-state index in [-0.39, 0.29) is 0 Å². The van der Waals surface area contributed by atoms with E-state index in [4.69, 9.17) is 4.74 Å². The lowest BCUT2D eigenvalue weighted by molar-refractivity contribution is 0.198. The zero-order valence-corrected chi connectivity index (χ0v) is 8.98. The minimum absolute atomic E-state index is 1.00. The summed E-state index contributed by atoms with van der Waals surface area (Å²) in [5.41, 5.74) is 0. The molecule has 2 fully saturated rings. The predicted molar refractivity (Wildman–Crippen MR) is 58.7 cm³/mol. The largest absolute Gasteiger partial charge is 0.381 e. The van der Waals surface area contributed by atoms with Crippen LogP contribution in [0.15, 0.2) is 0 Å². The molecule has 84 valence electrons. The monoisotopic (exact) mass is 201 g/mol. The van der Waals surface area contributed by atoms with Gasteiger partial charge in [0.1, 0.15) is 0 Å². The van der Waals surface area contributed by atoms with Crippen molar-refractivity contribution in [1.82, 2.24) is 16.0 Å². The van der Waals surface area contributed by atoms with Crippen LogP contribution in [0.3, 0.4) is 0 Å². The smallest absolute Gasteiger partial charge is 0.0466 e. The molecule has 4 nitrogen and oxygen atoms in total. The molecule has 2 aliphatic heterocycles. The second-order valence-electron chi connectivity index (χ2n) is 3.57. The van der Waals surface area contributed by atoms with Crippen LogP contribution in [0, 0.1) is 0 Å². The lowest BCUT2D eigenvalue weighted by Crippen LogP contribution is -2.27. The van der Waals surface area contributed by atoms with Gasteiger partial charge in [-0.25, -0.2) is 0 Å². The molecule has 2 heterocycles. The average molecular weight is 201 g/mol. The lowest BCUT2D eigenvalue weighted by atomic mass is 10.4. The van der Waals surface area contributed by atoms with E-state index in [2.05, 4.69) is 16.0 Å². The highest BCUT2D eigenvalue weighted by molar-refractivity contribution is 4.59. The molecule has 0 aliphatic carbocycles. The summed E-state index contributed by atoms with van der Waals surface area (Å²) in [6, 6.07) is 0. The van der Waals surface area contributed by atoms with Crippen LogP contribution in [0.5, 0.6) is 0 Å². The van der Waals surface area contributed by atoms with Crippen LogP contribution < -0.4 is 16.0 Å². The van der Waals surface area contributed by atoms with Crippen molar-refractivity contribution in [2.45, 2.75) is 12.8 Å². The molecule has 2 rings (SSSR count). The fourth-order valence-electron chi connectivity index (χ4n) is 1.42. The van der Waals surface area contributed by atoms with Crippen molar-refractivity contribution < 1.29 is 4.74 Å². The SMILES string of the molecule is C1CCOC1.C1CNCCNCCN1. The Labute approximate surface area is 86.8 Å². The van der Waals surface area contributed by atoms with Gasteiger partial charge in [-0.3, -0.25) is 0 Å². The van der Waals surface area contributed by atoms with Crippen molar-refractivity contribution >= 4 is 0 Å². The number of rotatable bonds is 0. The summed E-state index contributed by atoms with van der Waals surface area (Å²) in [6.07, 6.45) is 2.56. The van der Waals surface area contributed by atoms with Crippen LogP contribution in [-0.4, -0.2) is 52.5 Å². The zero-order valence-electron chi connectivity index (χ0n) is 8.98. The molecule has 0 atom stereocenters. The standard InChI is InChI=1S/C6H15N3.C4H8O/c1-2-8-5-6-9-4-3-7-1;1-2-4-5-3-1/h7-9H,1-6H2;1-4H2. The van der Waals surface area contributed by atoms with E-state index in [9.17, 15) is 0 Å². The highest BCUT2D eigenvalue weighted by Crippen LogP contribution is 1.98. The van der Waals surface area contributed by atoms with Crippen molar-refractivity contribution in [2.24, 2.45) is 0 Å². The van der Waals surface area contributed by atoms with E-state index in [0.29, 0.717) is 0 Å². The van der Waals surface area contributed by atoms with Crippen LogP contribution in [0.4, 0.5) is 0 Å². The van der Waals surface area contributed by atoms with Gasteiger partial charge in [-0.05, 0) is 12.8 Å². The van der Waals surface area contributed by atoms with Gasteiger partial charge in [0.25, 0.3) is 0 Å². The molecule has 0 aromatic heterocycles. The summed E-state index contributed by atoms with van der Waals surface area (Å²) < 4.78 is 4.94. The maximum Gasteiger partial charge on any atom is 0.0466 e. The van der Waals surface area contributed by atoms with Gasteiger partial charge >= 0.3 is 0 Å². The molecule has 0 amide bonds. The van der Waals surface area contributed by atoms with E-state index >= 15 is 0 Å². The Hall–Kier alpha value is -0.160. The molecular weight excluding hydrogens is 178 g/mol. The normalized spacial score (nSPS) is 24.0. The molecule has 0 bridgehead atoms. The fraction of sp³-hybridized carbons (Fsp3) is 1.00. The second-order valence-corrected chi connectivity index (χ2v) is 3.57. The Balaban J connectivity index is 0.000000165. The van der Waals surface area contributed by atoms with E-state index < -0.39 is 0 Å². The maximum absolute atomic E-state index is 4.94. The van der Waals surface area contributed by atoms with Crippen molar-refractivity contribution in [3.05, 3.63) is 0 Å². The van der Waals surface area contributed by atoms with Gasteiger partial charge in [0.15, 0.2) is 0 Å². The summed E-state index contributed by atoms with van der Waals surface area (Å²) in [5, 5.41) is 9.91. The number of nitrogens with one attached hydrogen (secondary N) is 3. The van der Waals surface area contributed by atoms with Gasteiger partial charge in [-0.15, -0.1) is 0 Å². The van der Waals surface area contributed by atoms with Gasteiger partial charge in [-0.1, -0.05) is 0 Å². The Morgan fingerprint density at radius 3 is 1.14 bits per heavy atom. The highest BCUT2D eigenvalue weighted by atomic mass is 16.5. The predicted octanol–water partition coefficient (Wildman–Crippen LogP) is -0.434. The summed E-state index contributed by atoms with van der Waals surface area (Å²) in [5.74, 6) is 0. The van der Waals surface area contributed by atoms with Crippen LogP contribution in [0.25, 0.3) is 0 Å². The van der Waals surface area contributed by atoms with Crippen LogP contribution in [-0.2, 0) is 4.74 Å². The molecule has 0 radical (unpaired) electrons. The zero-order chi connectivity index (χ0) is 9.90. The first-order valence-electron chi connectivity index (χ1n) is 5.70. The van der Waals surface area contributed by atoms with Gasteiger partial charge in [0.05, 0.1) is 0 Å². The van der Waals surface area contributed by atoms with Crippen LogP contribution in [0.1, 0.15) is 12.8 Å². The van der Waals surface area contributed by atoms with Gasteiger partial charge in [0.2, 0.25) is 0 Å². The van der Waals surface area contributed by atoms with Crippen LogP contribution >= 0.6 is 0 Å². The third-order valence-corrected chi connectivity index (χ3v) is 2.26. The van der Waals surface area contributed by atoms with E-state index in [1.165, 1.54) is 12.8 Å². The summed E-state index contributed by atoms with van der Waals surface area (Å²) in [7, 11) is 0. The second kappa shape index (κ2) is 9.40. The Morgan fingerprint density at radius 1 is 0.571 bits per heavy atom. The number of hydrogen-bond acceptors (Lipinski definition) is 4. The van der Waals surface area contributed by atoms with Crippen molar-refractivity contribution in [3.63, 3.8) is 0 Å². The molecule has 0 spiro atoms. The molecular formula is C10H23N3O. The fourth-order valence-corrected chi connectivity index (χ4v) is 1.42. The van der Waals surface area contributed by atoms with Crippen molar-refractivity contribution in [1.29, 1.82) is 0 Å². The van der Waals surface area contributed by atoms with Crippen molar-refractivity contribution in [2.75, 3.05) is 52.5 Å². The third kappa shape index (κ3) is 7.26. The molecule has 2 aliphatic rings. The quantitative estimate of drug-likeness (QED) is 0.497. The minimum atomic E-state index is 1.00. The first kappa shape index (κ1) is 11.9. The van der Waals surface area contributed by atoms with Crippen LogP contribution in [0.2, 0.25) is 0 Å². The van der Waals surface area contributed by atoms with Gasteiger partial charge < -0.3 is 20.7 Å². The molecule has 2 saturated heterocycles. The number of ether oxygens (including phenoxy) is 1.